The van der Waals surface area contributed by atoms with E-state index in [4.69, 9.17) is 16.3 Å². The Labute approximate surface area is 172 Å². The van der Waals surface area contributed by atoms with Crippen LogP contribution in [0.2, 0.25) is 5.02 Å². The molecule has 0 aliphatic heterocycles. The smallest absolute Gasteiger partial charge is 0.313 e. The number of aromatic hydroxyl groups is 1. The Bertz CT molecular complexity index is 1090. The first-order valence-electron chi connectivity index (χ1n) is 9.26. The van der Waals surface area contributed by atoms with Crippen LogP contribution < -0.4 is 0 Å². The second-order valence-electron chi connectivity index (χ2n) is 6.86. The van der Waals surface area contributed by atoms with Gasteiger partial charge in [0.15, 0.2) is 11.6 Å². The minimum atomic E-state index is -0.854. The molecular formula is C22H21ClFNO4. The van der Waals surface area contributed by atoms with E-state index in [0.717, 1.165) is 6.07 Å². The quantitative estimate of drug-likeness (QED) is 0.580. The van der Waals surface area contributed by atoms with Crippen LogP contribution in [0.3, 0.4) is 0 Å². The van der Waals surface area contributed by atoms with Crippen molar-refractivity contribution in [2.45, 2.75) is 33.1 Å². The van der Waals surface area contributed by atoms with Gasteiger partial charge >= 0.3 is 5.97 Å². The van der Waals surface area contributed by atoms with Crippen LogP contribution in [0.4, 0.5) is 4.39 Å². The second-order valence-corrected chi connectivity index (χ2v) is 7.29. The van der Waals surface area contributed by atoms with Crippen LogP contribution in [0.1, 0.15) is 47.8 Å². The molecule has 29 heavy (non-hydrogen) atoms. The molecule has 3 rings (SSSR count). The summed E-state index contributed by atoms with van der Waals surface area (Å²) < 4.78 is 20.7. The van der Waals surface area contributed by atoms with Gasteiger partial charge in [-0.2, -0.15) is 0 Å². The summed E-state index contributed by atoms with van der Waals surface area (Å²) in [5.41, 5.74) is 1.61. The van der Waals surface area contributed by atoms with E-state index in [1.54, 1.807) is 38.1 Å². The Kier molecular flexibility index (Phi) is 5.94. The summed E-state index contributed by atoms with van der Waals surface area (Å²) in [5.74, 6) is -2.95. The molecule has 0 aliphatic rings. The standard InChI is InChI=1S/C22H21ClFNO4/c1-4-9-29-22(28)12(2)20-13(3)25(18-11-17(24)19(26)10-16(18)20)21(27)14-5-7-15(23)8-6-14/h5-8,10-12,26H,4,9H2,1-3H3. The zero-order valence-electron chi connectivity index (χ0n) is 16.3. The number of hydrogen-bond acceptors (Lipinski definition) is 4. The third-order valence-electron chi connectivity index (χ3n) is 4.85. The molecule has 0 bridgehead atoms. The molecule has 0 amide bonds. The number of nitrogens with zero attached hydrogens (tertiary/aromatic N) is 1. The number of benzene rings is 2. The highest BCUT2D eigenvalue weighted by Gasteiger charge is 2.28. The van der Waals surface area contributed by atoms with Crippen molar-refractivity contribution in [3.63, 3.8) is 0 Å². The van der Waals surface area contributed by atoms with Gasteiger partial charge in [0, 0.05) is 27.7 Å². The minimum absolute atomic E-state index is 0.267. The third-order valence-corrected chi connectivity index (χ3v) is 5.10. The van der Waals surface area contributed by atoms with Crippen LogP contribution in [-0.2, 0) is 9.53 Å². The lowest BCUT2D eigenvalue weighted by Crippen LogP contribution is -2.17. The molecule has 0 saturated carbocycles. The third kappa shape index (κ3) is 3.85. The van der Waals surface area contributed by atoms with Crippen molar-refractivity contribution in [2.75, 3.05) is 6.61 Å². The number of ether oxygens (including phenoxy) is 1. The maximum atomic E-state index is 14.1. The number of fused-ring (bicyclic) bond motifs is 1. The van der Waals surface area contributed by atoms with Crippen molar-refractivity contribution in [3.8, 4) is 5.75 Å². The van der Waals surface area contributed by atoms with Gasteiger partial charge in [-0.3, -0.25) is 14.2 Å². The van der Waals surface area contributed by atoms with Gasteiger partial charge in [0.1, 0.15) is 0 Å². The van der Waals surface area contributed by atoms with Gasteiger partial charge in [0.25, 0.3) is 5.91 Å². The maximum absolute atomic E-state index is 14.1. The average Bonchev–Trinajstić information content (AvgIpc) is 2.96. The summed E-state index contributed by atoms with van der Waals surface area (Å²) in [6.45, 7) is 5.52. The van der Waals surface area contributed by atoms with Crippen molar-refractivity contribution in [1.29, 1.82) is 0 Å². The van der Waals surface area contributed by atoms with Crippen LogP contribution in [0.25, 0.3) is 10.9 Å². The Morgan fingerprint density at radius 2 is 1.90 bits per heavy atom. The molecule has 0 spiro atoms. The zero-order valence-corrected chi connectivity index (χ0v) is 17.1. The van der Waals surface area contributed by atoms with E-state index in [2.05, 4.69) is 0 Å². The number of carbonyl (C=O) groups excluding carboxylic acids is 2. The monoisotopic (exact) mass is 417 g/mol. The summed E-state index contributed by atoms with van der Waals surface area (Å²) in [5, 5.41) is 10.8. The highest BCUT2D eigenvalue weighted by molar-refractivity contribution is 6.30. The van der Waals surface area contributed by atoms with E-state index < -0.39 is 29.4 Å². The van der Waals surface area contributed by atoms with Crippen LogP contribution in [0, 0.1) is 12.7 Å². The molecule has 5 nitrogen and oxygen atoms in total. The SMILES string of the molecule is CCCOC(=O)C(C)c1c(C)n(C(=O)c2ccc(Cl)cc2)c2cc(F)c(O)cc12. The van der Waals surface area contributed by atoms with Crippen molar-refractivity contribution in [1.82, 2.24) is 4.57 Å². The zero-order chi connectivity index (χ0) is 21.3. The predicted octanol–water partition coefficient (Wildman–Crippen LogP) is 5.19. The molecule has 1 unspecified atom stereocenters. The van der Waals surface area contributed by atoms with E-state index in [9.17, 15) is 19.1 Å². The fourth-order valence-corrected chi connectivity index (χ4v) is 3.55. The summed E-state index contributed by atoms with van der Waals surface area (Å²) in [7, 11) is 0. The van der Waals surface area contributed by atoms with Crippen LogP contribution in [-0.4, -0.2) is 28.2 Å². The Morgan fingerprint density at radius 1 is 1.24 bits per heavy atom. The number of hydrogen-bond donors (Lipinski definition) is 1. The van der Waals surface area contributed by atoms with Gasteiger partial charge in [-0.25, -0.2) is 4.39 Å². The molecule has 3 aromatic rings. The lowest BCUT2D eigenvalue weighted by molar-refractivity contribution is -0.145. The van der Waals surface area contributed by atoms with Gasteiger partial charge in [0.2, 0.25) is 0 Å². The molecule has 1 N–H and O–H groups in total. The molecule has 0 radical (unpaired) electrons. The fraction of sp³-hybridized carbons (Fsp3) is 0.273. The number of esters is 1. The minimum Gasteiger partial charge on any atom is -0.505 e. The molecule has 1 aromatic heterocycles. The lowest BCUT2D eigenvalue weighted by atomic mass is 9.98. The van der Waals surface area contributed by atoms with Crippen LogP contribution in [0.15, 0.2) is 36.4 Å². The van der Waals surface area contributed by atoms with E-state index in [0.29, 0.717) is 33.7 Å². The van der Waals surface area contributed by atoms with Crippen molar-refractivity contribution in [3.05, 3.63) is 64.1 Å². The van der Waals surface area contributed by atoms with Crippen molar-refractivity contribution in [2.24, 2.45) is 0 Å². The lowest BCUT2D eigenvalue weighted by Gasteiger charge is -2.13. The van der Waals surface area contributed by atoms with E-state index >= 15 is 0 Å². The van der Waals surface area contributed by atoms with E-state index in [-0.39, 0.29) is 12.1 Å². The summed E-state index contributed by atoms with van der Waals surface area (Å²) in [4.78, 5) is 25.7. The van der Waals surface area contributed by atoms with Gasteiger partial charge in [-0.1, -0.05) is 18.5 Å². The number of aromatic nitrogens is 1. The Balaban J connectivity index is 2.21. The molecule has 1 heterocycles. The van der Waals surface area contributed by atoms with Gasteiger partial charge < -0.3 is 9.84 Å². The first-order chi connectivity index (χ1) is 13.8. The second kappa shape index (κ2) is 8.25. The molecule has 1 atom stereocenters. The summed E-state index contributed by atoms with van der Waals surface area (Å²) in [6, 6.07) is 8.67. The first kappa shape index (κ1) is 20.9. The van der Waals surface area contributed by atoms with Crippen molar-refractivity contribution >= 4 is 34.4 Å². The van der Waals surface area contributed by atoms with E-state index in [1.807, 2.05) is 6.92 Å². The van der Waals surface area contributed by atoms with Crippen LogP contribution in [0.5, 0.6) is 5.75 Å². The highest BCUT2D eigenvalue weighted by atomic mass is 35.5. The molecule has 7 heteroatoms. The summed E-state index contributed by atoms with van der Waals surface area (Å²) >= 11 is 5.90. The van der Waals surface area contributed by atoms with Gasteiger partial charge in [0.05, 0.1) is 18.0 Å². The normalized spacial score (nSPS) is 12.2. The molecule has 0 saturated heterocycles. The molecule has 2 aromatic carbocycles. The fourth-order valence-electron chi connectivity index (χ4n) is 3.42. The first-order valence-corrected chi connectivity index (χ1v) is 9.64. The van der Waals surface area contributed by atoms with E-state index in [1.165, 1.54) is 10.6 Å². The highest BCUT2D eigenvalue weighted by Crippen LogP contribution is 2.36. The molecule has 152 valence electrons. The number of rotatable bonds is 5. The largest absolute Gasteiger partial charge is 0.505 e. The topological polar surface area (TPSA) is 68.5 Å². The predicted molar refractivity (Wildman–Crippen MR) is 109 cm³/mol. The number of halogens is 2. The number of carbonyl (C=O) groups is 2. The van der Waals surface area contributed by atoms with Gasteiger partial charge in [-0.05, 0) is 56.2 Å². The Hall–Kier alpha value is -2.86. The maximum Gasteiger partial charge on any atom is 0.313 e. The Morgan fingerprint density at radius 3 is 2.52 bits per heavy atom. The van der Waals surface area contributed by atoms with Gasteiger partial charge in [-0.15, -0.1) is 0 Å². The summed E-state index contributed by atoms with van der Waals surface area (Å²) in [6.07, 6.45) is 0.681. The molecule has 0 aliphatic carbocycles. The number of phenols is 1. The molecular weight excluding hydrogens is 397 g/mol. The number of phenolic OH excluding ortho intramolecular Hbond substituents is 1. The van der Waals surface area contributed by atoms with Crippen LogP contribution >= 0.6 is 11.6 Å². The van der Waals surface area contributed by atoms with Crippen molar-refractivity contribution < 1.29 is 23.8 Å². The average molecular weight is 418 g/mol. The molecule has 0 fully saturated rings.